The van der Waals surface area contributed by atoms with E-state index in [1.807, 2.05) is 4.90 Å². The lowest BCUT2D eigenvalue weighted by atomic mass is 10.1. The van der Waals surface area contributed by atoms with Crippen molar-refractivity contribution in [2.45, 2.75) is 25.3 Å². The minimum absolute atomic E-state index is 0.349. The zero-order chi connectivity index (χ0) is 7.84. The predicted molar refractivity (Wildman–Crippen MR) is 42.0 cm³/mol. The minimum Gasteiger partial charge on any atom is -0.327 e. The van der Waals surface area contributed by atoms with Gasteiger partial charge in [-0.25, -0.2) is 0 Å². The number of carbonyl (C=O) groups excluding carboxylic acids is 1. The van der Waals surface area contributed by atoms with Crippen molar-refractivity contribution in [3.8, 4) is 0 Å². The van der Waals surface area contributed by atoms with Gasteiger partial charge in [-0.15, -0.1) is 0 Å². The molecule has 0 aromatic heterocycles. The Balaban J connectivity index is 2.07. The second kappa shape index (κ2) is 2.48. The molecule has 3 nitrogen and oxygen atoms in total. The van der Waals surface area contributed by atoms with E-state index >= 15 is 0 Å². The van der Waals surface area contributed by atoms with Crippen molar-refractivity contribution in [1.29, 1.82) is 0 Å². The molecule has 0 bridgehead atoms. The van der Waals surface area contributed by atoms with Crippen LogP contribution in [-0.4, -0.2) is 42.0 Å². The van der Waals surface area contributed by atoms with E-state index in [1.54, 1.807) is 0 Å². The molecule has 0 radical (unpaired) electrons. The Morgan fingerprint density at radius 3 is 3.09 bits per heavy atom. The van der Waals surface area contributed by atoms with Gasteiger partial charge in [-0.05, 0) is 19.9 Å². The molecule has 2 aliphatic heterocycles. The second-order valence-electron chi connectivity index (χ2n) is 3.57. The fourth-order valence-corrected chi connectivity index (χ4v) is 1.99. The van der Waals surface area contributed by atoms with Crippen LogP contribution in [0.3, 0.4) is 0 Å². The first-order valence-corrected chi connectivity index (χ1v) is 4.25. The van der Waals surface area contributed by atoms with Crippen LogP contribution in [0.25, 0.3) is 0 Å². The van der Waals surface area contributed by atoms with Gasteiger partial charge in [0, 0.05) is 19.0 Å². The van der Waals surface area contributed by atoms with E-state index in [4.69, 9.17) is 0 Å². The lowest BCUT2D eigenvalue weighted by Crippen LogP contribution is -2.47. The normalized spacial score (nSPS) is 32.6. The minimum atomic E-state index is 0.349. The van der Waals surface area contributed by atoms with Gasteiger partial charge in [0.15, 0.2) is 0 Å². The number of amides is 1. The summed E-state index contributed by atoms with van der Waals surface area (Å²) < 4.78 is 0. The van der Waals surface area contributed by atoms with Gasteiger partial charge in [0.05, 0.1) is 6.67 Å². The molecule has 0 N–H and O–H groups in total. The van der Waals surface area contributed by atoms with E-state index in [0.717, 1.165) is 26.1 Å². The van der Waals surface area contributed by atoms with Crippen LogP contribution >= 0.6 is 0 Å². The molecule has 0 aromatic rings. The first-order chi connectivity index (χ1) is 5.27. The third-order valence-corrected chi connectivity index (χ3v) is 2.69. The molecular formula is C8H14N2O. The van der Waals surface area contributed by atoms with E-state index in [9.17, 15) is 4.79 Å². The number of nitrogens with zero attached hydrogens (tertiary/aromatic N) is 2. The number of carbonyl (C=O) groups is 1. The van der Waals surface area contributed by atoms with Gasteiger partial charge < -0.3 is 4.90 Å². The summed E-state index contributed by atoms with van der Waals surface area (Å²) in [7, 11) is 2.07. The smallest absolute Gasteiger partial charge is 0.223 e. The van der Waals surface area contributed by atoms with Crippen LogP contribution in [0, 0.1) is 0 Å². The van der Waals surface area contributed by atoms with Crippen LogP contribution in [-0.2, 0) is 4.79 Å². The third-order valence-electron chi connectivity index (χ3n) is 2.69. The van der Waals surface area contributed by atoms with E-state index in [0.29, 0.717) is 11.9 Å². The van der Waals surface area contributed by atoms with Gasteiger partial charge in [-0.1, -0.05) is 0 Å². The Bertz CT molecular complexity index is 181. The molecule has 0 spiro atoms. The summed E-state index contributed by atoms with van der Waals surface area (Å²) in [6.07, 6.45) is 3.04. The zero-order valence-corrected chi connectivity index (χ0v) is 6.92. The largest absolute Gasteiger partial charge is 0.327 e. The summed E-state index contributed by atoms with van der Waals surface area (Å²) in [5.41, 5.74) is 0. The molecule has 2 fully saturated rings. The Kier molecular flexibility index (Phi) is 1.60. The van der Waals surface area contributed by atoms with Crippen molar-refractivity contribution in [2.75, 3.05) is 20.3 Å². The molecule has 62 valence electrons. The van der Waals surface area contributed by atoms with Gasteiger partial charge in [-0.2, -0.15) is 0 Å². The third kappa shape index (κ3) is 1.13. The number of hydrogen-bond acceptors (Lipinski definition) is 2. The Hall–Kier alpha value is -0.570. The first kappa shape index (κ1) is 7.10. The Morgan fingerprint density at radius 1 is 1.45 bits per heavy atom. The van der Waals surface area contributed by atoms with Gasteiger partial charge in [0.25, 0.3) is 0 Å². The van der Waals surface area contributed by atoms with Gasteiger partial charge in [-0.3, -0.25) is 9.69 Å². The van der Waals surface area contributed by atoms with E-state index in [2.05, 4.69) is 11.9 Å². The van der Waals surface area contributed by atoms with Crippen LogP contribution in [0.5, 0.6) is 0 Å². The number of rotatable bonds is 0. The topological polar surface area (TPSA) is 23.6 Å². The molecule has 1 unspecified atom stereocenters. The molecule has 0 aromatic carbocycles. The molecule has 11 heavy (non-hydrogen) atoms. The Morgan fingerprint density at radius 2 is 2.27 bits per heavy atom. The van der Waals surface area contributed by atoms with Gasteiger partial charge in [0.1, 0.15) is 0 Å². The summed E-state index contributed by atoms with van der Waals surface area (Å²) in [6, 6.07) is 0.568. The molecule has 1 atom stereocenters. The molecule has 0 aliphatic carbocycles. The maximum absolute atomic E-state index is 11.3. The molecule has 2 heterocycles. The summed E-state index contributed by atoms with van der Waals surface area (Å²) in [4.78, 5) is 15.5. The fourth-order valence-electron chi connectivity index (χ4n) is 1.99. The van der Waals surface area contributed by atoms with E-state index in [-0.39, 0.29) is 0 Å². The maximum Gasteiger partial charge on any atom is 0.223 e. The fraction of sp³-hybridized carbons (Fsp3) is 0.875. The van der Waals surface area contributed by atoms with Crippen molar-refractivity contribution in [1.82, 2.24) is 9.80 Å². The monoisotopic (exact) mass is 154 g/mol. The van der Waals surface area contributed by atoms with Gasteiger partial charge in [0.2, 0.25) is 5.91 Å². The first-order valence-electron chi connectivity index (χ1n) is 4.25. The van der Waals surface area contributed by atoms with Crippen molar-refractivity contribution in [3.63, 3.8) is 0 Å². The van der Waals surface area contributed by atoms with Crippen LogP contribution in [0.4, 0.5) is 0 Å². The van der Waals surface area contributed by atoms with Crippen molar-refractivity contribution >= 4 is 5.91 Å². The molecule has 2 aliphatic rings. The standard InChI is InChI=1S/C8H14N2O/c1-9-5-4-7-2-3-8(11)10(7)6-9/h7H,2-6H2,1H3. The zero-order valence-electron chi connectivity index (χ0n) is 6.92. The molecule has 2 saturated heterocycles. The highest BCUT2D eigenvalue weighted by Gasteiger charge is 2.33. The maximum atomic E-state index is 11.3. The summed E-state index contributed by atoms with van der Waals surface area (Å²) >= 11 is 0. The van der Waals surface area contributed by atoms with Crippen LogP contribution < -0.4 is 0 Å². The predicted octanol–water partition coefficient (Wildman–Crippen LogP) is 0.270. The number of fused-ring (bicyclic) bond motifs is 1. The highest BCUT2D eigenvalue weighted by Crippen LogP contribution is 2.24. The lowest BCUT2D eigenvalue weighted by molar-refractivity contribution is -0.132. The SMILES string of the molecule is CN1CCC2CCC(=O)N2C1. The molecule has 0 saturated carbocycles. The molecule has 1 amide bonds. The average Bonchev–Trinajstić information content (AvgIpc) is 2.33. The van der Waals surface area contributed by atoms with E-state index < -0.39 is 0 Å². The summed E-state index contributed by atoms with van der Waals surface area (Å²) in [6.45, 7) is 2.00. The average molecular weight is 154 g/mol. The number of hydrogen-bond donors (Lipinski definition) is 0. The molecule has 2 rings (SSSR count). The van der Waals surface area contributed by atoms with Crippen LogP contribution in [0.15, 0.2) is 0 Å². The van der Waals surface area contributed by atoms with Crippen molar-refractivity contribution in [3.05, 3.63) is 0 Å². The summed E-state index contributed by atoms with van der Waals surface area (Å²) in [5.74, 6) is 0.349. The summed E-state index contributed by atoms with van der Waals surface area (Å²) in [5, 5.41) is 0. The molecule has 3 heteroatoms. The Labute approximate surface area is 67.0 Å². The molecular weight excluding hydrogens is 140 g/mol. The van der Waals surface area contributed by atoms with Crippen LogP contribution in [0.1, 0.15) is 19.3 Å². The quantitative estimate of drug-likeness (QED) is 0.500. The van der Waals surface area contributed by atoms with Crippen LogP contribution in [0.2, 0.25) is 0 Å². The highest BCUT2D eigenvalue weighted by molar-refractivity contribution is 5.78. The second-order valence-corrected chi connectivity index (χ2v) is 3.57. The van der Waals surface area contributed by atoms with Crippen molar-refractivity contribution < 1.29 is 4.79 Å². The van der Waals surface area contributed by atoms with E-state index in [1.165, 1.54) is 6.42 Å². The highest BCUT2D eigenvalue weighted by atomic mass is 16.2. The van der Waals surface area contributed by atoms with Crippen molar-refractivity contribution in [2.24, 2.45) is 0 Å². The van der Waals surface area contributed by atoms with Gasteiger partial charge >= 0.3 is 0 Å². The lowest BCUT2D eigenvalue weighted by Gasteiger charge is -2.35.